The van der Waals surface area contributed by atoms with Crippen molar-refractivity contribution in [1.29, 1.82) is 0 Å². The van der Waals surface area contributed by atoms with Gasteiger partial charge in [0.1, 0.15) is 5.75 Å². The maximum atomic E-state index is 13.0. The fourth-order valence-electron chi connectivity index (χ4n) is 6.27. The first-order chi connectivity index (χ1) is 16.9. The van der Waals surface area contributed by atoms with Crippen molar-refractivity contribution in [2.75, 3.05) is 26.7 Å². The van der Waals surface area contributed by atoms with E-state index in [9.17, 15) is 9.90 Å². The zero-order valence-corrected chi connectivity index (χ0v) is 21.7. The van der Waals surface area contributed by atoms with Crippen LogP contribution in [-0.2, 0) is 16.6 Å². The summed E-state index contributed by atoms with van der Waals surface area (Å²) in [5.41, 5.74) is 1.82. The van der Waals surface area contributed by atoms with Gasteiger partial charge in [-0.15, -0.1) is 0 Å². The highest BCUT2D eigenvalue weighted by atomic mass is 35.5. The first kappa shape index (κ1) is 24.9. The summed E-state index contributed by atoms with van der Waals surface area (Å²) in [6.45, 7) is 3.06. The van der Waals surface area contributed by atoms with Gasteiger partial charge in [-0.1, -0.05) is 41.4 Å². The molecule has 2 aliphatic carbocycles. The zero-order chi connectivity index (χ0) is 24.6. The number of carbonyl (C=O) groups is 1. The molecule has 1 aliphatic heterocycles. The number of halogens is 2. The molecule has 0 spiro atoms. The van der Waals surface area contributed by atoms with E-state index in [2.05, 4.69) is 22.3 Å². The minimum Gasteiger partial charge on any atom is -0.497 e. The Balaban J connectivity index is 1.36. The number of methoxy groups -OCH3 is 1. The van der Waals surface area contributed by atoms with E-state index in [4.69, 9.17) is 27.9 Å². The Labute approximate surface area is 217 Å². The van der Waals surface area contributed by atoms with Crippen LogP contribution in [0.15, 0.2) is 42.5 Å². The van der Waals surface area contributed by atoms with E-state index in [1.54, 1.807) is 19.2 Å². The molecule has 1 unspecified atom stereocenters. The predicted molar refractivity (Wildman–Crippen MR) is 139 cm³/mol. The Hall–Kier alpha value is -1.79. The minimum absolute atomic E-state index is 0.0639. The average molecular weight is 517 g/mol. The van der Waals surface area contributed by atoms with Gasteiger partial charge in [-0.25, -0.2) is 0 Å². The van der Waals surface area contributed by atoms with Crippen LogP contribution in [0.1, 0.15) is 43.2 Å². The summed E-state index contributed by atoms with van der Waals surface area (Å²) >= 11 is 12.1. The standard InChI is InChI=1S/C28H34Cl2N2O3/c1-35-22-4-2-3-20(13-22)28-9-10-32(16-18-5-6-18)17-23(28)26(33)14-21(15-28)31-27(34)12-19-7-8-24(29)25(30)11-19/h2-4,7-8,11,13,18,21,23,26,33H,5-6,9-10,12,14-17H2,1H3,(H,31,34)/t21-,23+,26?,28+/m1/s1. The van der Waals surface area contributed by atoms with Gasteiger partial charge in [0.15, 0.2) is 0 Å². The molecule has 5 nitrogen and oxygen atoms in total. The van der Waals surface area contributed by atoms with Gasteiger partial charge < -0.3 is 20.1 Å². The highest BCUT2D eigenvalue weighted by molar-refractivity contribution is 6.42. The van der Waals surface area contributed by atoms with E-state index in [0.717, 1.165) is 49.7 Å². The molecular weight excluding hydrogens is 483 g/mol. The van der Waals surface area contributed by atoms with E-state index in [1.165, 1.54) is 18.4 Å². The van der Waals surface area contributed by atoms with E-state index in [-0.39, 0.29) is 29.7 Å². The second kappa shape index (κ2) is 10.3. The molecular formula is C28H34Cl2N2O3. The molecule has 3 fully saturated rings. The first-order valence-electron chi connectivity index (χ1n) is 12.6. The molecule has 7 heteroatoms. The molecule has 4 atom stereocenters. The van der Waals surface area contributed by atoms with Crippen molar-refractivity contribution >= 4 is 29.1 Å². The number of amides is 1. The average Bonchev–Trinajstić information content (AvgIpc) is 3.66. The second-order valence-corrected chi connectivity index (χ2v) is 11.5. The van der Waals surface area contributed by atoms with E-state index in [0.29, 0.717) is 16.5 Å². The van der Waals surface area contributed by atoms with Crippen molar-refractivity contribution in [3.8, 4) is 5.75 Å². The van der Waals surface area contributed by atoms with Crippen molar-refractivity contribution in [3.63, 3.8) is 0 Å². The zero-order valence-electron chi connectivity index (χ0n) is 20.2. The van der Waals surface area contributed by atoms with Crippen LogP contribution in [0.3, 0.4) is 0 Å². The molecule has 5 rings (SSSR count). The van der Waals surface area contributed by atoms with E-state index >= 15 is 0 Å². The topological polar surface area (TPSA) is 61.8 Å². The van der Waals surface area contributed by atoms with E-state index < -0.39 is 6.10 Å². The summed E-state index contributed by atoms with van der Waals surface area (Å²) in [5.74, 6) is 1.72. The van der Waals surface area contributed by atoms with Crippen LogP contribution in [0.25, 0.3) is 0 Å². The predicted octanol–water partition coefficient (Wildman–Crippen LogP) is 4.85. The number of likely N-dealkylation sites (tertiary alicyclic amines) is 1. The molecule has 35 heavy (non-hydrogen) atoms. The summed E-state index contributed by atoms with van der Waals surface area (Å²) in [5, 5.41) is 15.6. The van der Waals surface area contributed by atoms with Crippen LogP contribution in [0.5, 0.6) is 5.75 Å². The van der Waals surface area contributed by atoms with Gasteiger partial charge >= 0.3 is 0 Å². The Morgan fingerprint density at radius 3 is 2.77 bits per heavy atom. The third-order valence-electron chi connectivity index (χ3n) is 8.21. The number of fused-ring (bicyclic) bond motifs is 1. The lowest BCUT2D eigenvalue weighted by Crippen LogP contribution is -2.61. The van der Waals surface area contributed by atoms with Gasteiger partial charge in [0.25, 0.3) is 0 Å². The minimum atomic E-state index is -0.479. The van der Waals surface area contributed by atoms with Gasteiger partial charge in [-0.05, 0) is 80.0 Å². The van der Waals surface area contributed by atoms with Crippen LogP contribution >= 0.6 is 23.2 Å². The van der Waals surface area contributed by atoms with E-state index in [1.807, 2.05) is 18.2 Å². The first-order valence-corrected chi connectivity index (χ1v) is 13.4. The van der Waals surface area contributed by atoms with Crippen molar-refractivity contribution in [3.05, 3.63) is 63.6 Å². The van der Waals surface area contributed by atoms with Crippen molar-refractivity contribution in [1.82, 2.24) is 10.2 Å². The largest absolute Gasteiger partial charge is 0.497 e. The third kappa shape index (κ3) is 5.48. The summed E-state index contributed by atoms with van der Waals surface area (Å²) < 4.78 is 5.54. The number of carbonyl (C=O) groups excluding carboxylic acids is 1. The Morgan fingerprint density at radius 2 is 2.03 bits per heavy atom. The Morgan fingerprint density at radius 1 is 1.20 bits per heavy atom. The van der Waals surface area contributed by atoms with Crippen LogP contribution in [-0.4, -0.2) is 54.8 Å². The number of piperidine rings is 1. The Bertz CT molecular complexity index is 1080. The monoisotopic (exact) mass is 516 g/mol. The van der Waals surface area contributed by atoms with Crippen molar-refractivity contribution in [2.45, 2.75) is 56.1 Å². The third-order valence-corrected chi connectivity index (χ3v) is 8.95. The molecule has 0 aromatic heterocycles. The molecule has 2 aromatic rings. The van der Waals surface area contributed by atoms with Crippen molar-refractivity contribution in [2.24, 2.45) is 11.8 Å². The molecule has 1 amide bonds. The van der Waals surface area contributed by atoms with Gasteiger partial charge in [0, 0.05) is 30.5 Å². The molecule has 2 saturated carbocycles. The van der Waals surface area contributed by atoms with Gasteiger partial charge in [0.05, 0.1) is 29.7 Å². The number of rotatable bonds is 7. The van der Waals surface area contributed by atoms with Crippen LogP contribution in [0.4, 0.5) is 0 Å². The highest BCUT2D eigenvalue weighted by Gasteiger charge is 2.52. The number of hydrogen-bond donors (Lipinski definition) is 2. The molecule has 0 bridgehead atoms. The molecule has 1 heterocycles. The number of ether oxygens (including phenoxy) is 1. The molecule has 1 saturated heterocycles. The highest BCUT2D eigenvalue weighted by Crippen LogP contribution is 2.50. The molecule has 188 valence electrons. The lowest BCUT2D eigenvalue weighted by molar-refractivity contribution is -0.122. The molecule has 2 N–H and O–H groups in total. The van der Waals surface area contributed by atoms with Gasteiger partial charge in [-0.2, -0.15) is 0 Å². The fraction of sp³-hybridized carbons (Fsp3) is 0.536. The second-order valence-electron chi connectivity index (χ2n) is 10.6. The number of aliphatic hydroxyl groups excluding tert-OH is 1. The van der Waals surface area contributed by atoms with Gasteiger partial charge in [-0.3, -0.25) is 4.79 Å². The SMILES string of the molecule is COc1cccc([C@@]23CCN(CC4CC4)C[C@H]2C(O)C[C@@H](NC(=O)Cc2ccc(Cl)c(Cl)c2)C3)c1. The maximum absolute atomic E-state index is 13.0. The lowest BCUT2D eigenvalue weighted by Gasteiger charge is -2.55. The Kier molecular flexibility index (Phi) is 7.32. The number of nitrogens with zero attached hydrogens (tertiary/aromatic N) is 1. The normalized spacial score (nSPS) is 28.9. The number of benzene rings is 2. The number of aliphatic hydroxyl groups is 1. The quantitative estimate of drug-likeness (QED) is 0.551. The molecule has 3 aliphatic rings. The van der Waals surface area contributed by atoms with Gasteiger partial charge in [0.2, 0.25) is 5.91 Å². The number of hydrogen-bond acceptors (Lipinski definition) is 4. The van der Waals surface area contributed by atoms with Crippen LogP contribution < -0.4 is 10.1 Å². The summed E-state index contributed by atoms with van der Waals surface area (Å²) in [6, 6.07) is 13.5. The van der Waals surface area contributed by atoms with Crippen LogP contribution in [0.2, 0.25) is 10.0 Å². The van der Waals surface area contributed by atoms with Crippen molar-refractivity contribution < 1.29 is 14.6 Å². The summed E-state index contributed by atoms with van der Waals surface area (Å²) in [7, 11) is 1.69. The smallest absolute Gasteiger partial charge is 0.224 e. The molecule has 2 aromatic carbocycles. The maximum Gasteiger partial charge on any atom is 0.224 e. The molecule has 0 radical (unpaired) electrons. The fourth-order valence-corrected chi connectivity index (χ4v) is 6.59. The summed E-state index contributed by atoms with van der Waals surface area (Å²) in [4.78, 5) is 15.5. The number of nitrogens with one attached hydrogen (secondary N) is 1. The lowest BCUT2D eigenvalue weighted by atomic mass is 9.57. The van der Waals surface area contributed by atoms with Crippen LogP contribution in [0, 0.1) is 11.8 Å². The summed E-state index contributed by atoms with van der Waals surface area (Å²) in [6.07, 6.45) is 4.76.